The lowest BCUT2D eigenvalue weighted by Crippen LogP contribution is -1.99. The molecule has 0 saturated heterocycles. The molecule has 1 aromatic carbocycles. The highest BCUT2D eigenvalue weighted by Gasteiger charge is 2.11. The van der Waals surface area contributed by atoms with Crippen LogP contribution in [0, 0.1) is 6.92 Å². The summed E-state index contributed by atoms with van der Waals surface area (Å²) in [6.45, 7) is 2.01. The van der Waals surface area contributed by atoms with Crippen LogP contribution in [0.2, 0.25) is 0 Å². The first kappa shape index (κ1) is 13.6. The summed E-state index contributed by atoms with van der Waals surface area (Å²) in [6, 6.07) is 5.86. The Morgan fingerprint density at radius 3 is 2.62 bits per heavy atom. The Morgan fingerprint density at radius 2 is 1.86 bits per heavy atom. The van der Waals surface area contributed by atoms with Crippen LogP contribution in [0.1, 0.15) is 5.56 Å². The predicted molar refractivity (Wildman–Crippen MR) is 85.0 cm³/mol. The van der Waals surface area contributed by atoms with Crippen LogP contribution >= 0.6 is 11.3 Å². The summed E-state index contributed by atoms with van der Waals surface area (Å²) in [7, 11) is 3.25. The van der Waals surface area contributed by atoms with E-state index in [-0.39, 0.29) is 0 Å². The second kappa shape index (κ2) is 5.57. The Kier molecular flexibility index (Phi) is 3.62. The van der Waals surface area contributed by atoms with Crippen molar-refractivity contribution in [1.29, 1.82) is 0 Å². The quantitative estimate of drug-likeness (QED) is 0.795. The highest BCUT2D eigenvalue weighted by molar-refractivity contribution is 7.16. The van der Waals surface area contributed by atoms with Crippen molar-refractivity contribution in [3.63, 3.8) is 0 Å². The monoisotopic (exact) mass is 301 g/mol. The first-order valence-electron chi connectivity index (χ1n) is 6.40. The van der Waals surface area contributed by atoms with Crippen molar-refractivity contribution in [2.24, 2.45) is 0 Å². The first-order valence-corrected chi connectivity index (χ1v) is 7.28. The van der Waals surface area contributed by atoms with Crippen molar-refractivity contribution < 1.29 is 9.47 Å². The van der Waals surface area contributed by atoms with E-state index in [4.69, 9.17) is 9.47 Å². The number of methoxy groups -OCH3 is 2. The van der Waals surface area contributed by atoms with Crippen LogP contribution < -0.4 is 14.8 Å². The van der Waals surface area contributed by atoms with Crippen LogP contribution in [0.25, 0.3) is 10.2 Å². The van der Waals surface area contributed by atoms with Gasteiger partial charge in [0.25, 0.3) is 0 Å². The maximum absolute atomic E-state index is 5.35. The van der Waals surface area contributed by atoms with Gasteiger partial charge in [0.05, 0.1) is 19.6 Å². The van der Waals surface area contributed by atoms with Gasteiger partial charge in [0.15, 0.2) is 11.5 Å². The Labute approximate surface area is 126 Å². The van der Waals surface area contributed by atoms with Gasteiger partial charge >= 0.3 is 0 Å². The first-order chi connectivity index (χ1) is 10.2. The normalized spacial score (nSPS) is 10.6. The molecule has 21 heavy (non-hydrogen) atoms. The van der Waals surface area contributed by atoms with Crippen LogP contribution in [0.3, 0.4) is 0 Å². The van der Waals surface area contributed by atoms with Gasteiger partial charge in [0.1, 0.15) is 17.0 Å². The SMILES string of the molecule is COc1cc(C)c(Nc2ncnc3sccc23)cc1OC. The molecule has 0 radical (unpaired) electrons. The Morgan fingerprint density at radius 1 is 1.10 bits per heavy atom. The molecule has 0 atom stereocenters. The van der Waals surface area contributed by atoms with Gasteiger partial charge in [-0.1, -0.05) is 0 Å². The molecular weight excluding hydrogens is 286 g/mol. The van der Waals surface area contributed by atoms with Crippen LogP contribution in [0.5, 0.6) is 11.5 Å². The van der Waals surface area contributed by atoms with E-state index >= 15 is 0 Å². The third-order valence-electron chi connectivity index (χ3n) is 3.25. The highest BCUT2D eigenvalue weighted by Crippen LogP contribution is 2.35. The Bertz CT molecular complexity index is 786. The van der Waals surface area contributed by atoms with E-state index in [0.717, 1.165) is 27.3 Å². The van der Waals surface area contributed by atoms with E-state index in [1.54, 1.807) is 31.9 Å². The minimum atomic E-state index is 0.682. The van der Waals surface area contributed by atoms with Crippen molar-refractivity contribution in [3.05, 3.63) is 35.5 Å². The fourth-order valence-electron chi connectivity index (χ4n) is 2.13. The molecule has 0 amide bonds. The summed E-state index contributed by atoms with van der Waals surface area (Å²) in [5.41, 5.74) is 1.98. The van der Waals surface area contributed by atoms with Gasteiger partial charge in [0, 0.05) is 11.8 Å². The molecule has 0 aliphatic heterocycles. The number of fused-ring (bicyclic) bond motifs is 1. The average molecular weight is 301 g/mol. The predicted octanol–water partition coefficient (Wildman–Crippen LogP) is 3.76. The number of anilines is 2. The van der Waals surface area contributed by atoms with E-state index < -0.39 is 0 Å². The molecule has 0 aliphatic rings. The molecule has 0 bridgehead atoms. The zero-order valence-corrected chi connectivity index (χ0v) is 12.8. The fraction of sp³-hybridized carbons (Fsp3) is 0.200. The summed E-state index contributed by atoms with van der Waals surface area (Å²) in [5.74, 6) is 2.18. The molecule has 2 aromatic heterocycles. The molecule has 2 heterocycles. The second-order valence-corrected chi connectivity index (χ2v) is 5.40. The van der Waals surface area contributed by atoms with Crippen molar-refractivity contribution in [2.75, 3.05) is 19.5 Å². The Hall–Kier alpha value is -2.34. The van der Waals surface area contributed by atoms with E-state index in [0.29, 0.717) is 11.5 Å². The molecule has 3 aromatic rings. The number of aromatic nitrogens is 2. The summed E-state index contributed by atoms with van der Waals surface area (Å²) in [4.78, 5) is 9.54. The molecule has 6 heteroatoms. The van der Waals surface area contributed by atoms with E-state index in [9.17, 15) is 0 Å². The van der Waals surface area contributed by atoms with Gasteiger partial charge in [-0.25, -0.2) is 9.97 Å². The zero-order chi connectivity index (χ0) is 14.8. The van der Waals surface area contributed by atoms with Crippen LogP contribution in [0.15, 0.2) is 29.9 Å². The van der Waals surface area contributed by atoms with Gasteiger partial charge in [-0.05, 0) is 30.0 Å². The molecular formula is C15H15N3O2S. The van der Waals surface area contributed by atoms with Gasteiger partial charge in [-0.15, -0.1) is 11.3 Å². The standard InChI is InChI=1S/C15H15N3O2S/c1-9-6-12(19-2)13(20-3)7-11(9)18-14-10-4-5-21-15(10)17-8-16-14/h4-8H,1-3H3,(H,16,17,18). The number of hydrogen-bond donors (Lipinski definition) is 1. The number of rotatable bonds is 4. The summed E-state index contributed by atoms with van der Waals surface area (Å²) in [6.07, 6.45) is 1.57. The fourth-order valence-corrected chi connectivity index (χ4v) is 2.87. The summed E-state index contributed by atoms with van der Waals surface area (Å²) < 4.78 is 10.6. The molecule has 0 aliphatic carbocycles. The third-order valence-corrected chi connectivity index (χ3v) is 4.07. The molecule has 1 N–H and O–H groups in total. The smallest absolute Gasteiger partial charge is 0.162 e. The van der Waals surface area contributed by atoms with Crippen molar-refractivity contribution >= 4 is 33.1 Å². The number of ether oxygens (including phenoxy) is 2. The topological polar surface area (TPSA) is 56.3 Å². The lowest BCUT2D eigenvalue weighted by Gasteiger charge is -2.14. The minimum absolute atomic E-state index is 0.682. The molecule has 108 valence electrons. The maximum atomic E-state index is 5.35. The van der Waals surface area contributed by atoms with Crippen molar-refractivity contribution in [2.45, 2.75) is 6.92 Å². The number of benzene rings is 1. The van der Waals surface area contributed by atoms with Crippen LogP contribution in [-0.4, -0.2) is 24.2 Å². The lowest BCUT2D eigenvalue weighted by atomic mass is 10.1. The van der Waals surface area contributed by atoms with Crippen LogP contribution in [0.4, 0.5) is 11.5 Å². The van der Waals surface area contributed by atoms with Gasteiger partial charge in [0.2, 0.25) is 0 Å². The average Bonchev–Trinajstić information content (AvgIpc) is 2.98. The van der Waals surface area contributed by atoms with Crippen molar-refractivity contribution in [3.8, 4) is 11.5 Å². The molecule has 3 rings (SSSR count). The molecule has 0 spiro atoms. The van der Waals surface area contributed by atoms with Crippen molar-refractivity contribution in [1.82, 2.24) is 9.97 Å². The minimum Gasteiger partial charge on any atom is -0.493 e. The number of aryl methyl sites for hydroxylation is 1. The molecule has 0 fully saturated rings. The third kappa shape index (κ3) is 2.50. The molecule has 5 nitrogen and oxygen atoms in total. The molecule has 0 saturated carbocycles. The lowest BCUT2D eigenvalue weighted by molar-refractivity contribution is 0.355. The Balaban J connectivity index is 2.03. The van der Waals surface area contributed by atoms with Gasteiger partial charge in [-0.3, -0.25) is 0 Å². The number of nitrogens with one attached hydrogen (secondary N) is 1. The zero-order valence-electron chi connectivity index (χ0n) is 12.0. The second-order valence-electron chi connectivity index (χ2n) is 4.51. The summed E-state index contributed by atoms with van der Waals surface area (Å²) >= 11 is 1.59. The maximum Gasteiger partial charge on any atom is 0.162 e. The van der Waals surface area contributed by atoms with E-state index in [1.165, 1.54) is 0 Å². The summed E-state index contributed by atoms with van der Waals surface area (Å²) in [5, 5.41) is 6.36. The molecule has 0 unspecified atom stereocenters. The highest BCUT2D eigenvalue weighted by atomic mass is 32.1. The number of nitrogens with zero attached hydrogens (tertiary/aromatic N) is 2. The van der Waals surface area contributed by atoms with E-state index in [1.807, 2.05) is 30.5 Å². The van der Waals surface area contributed by atoms with Crippen LogP contribution in [-0.2, 0) is 0 Å². The van der Waals surface area contributed by atoms with Gasteiger partial charge in [-0.2, -0.15) is 0 Å². The van der Waals surface area contributed by atoms with Gasteiger partial charge < -0.3 is 14.8 Å². The largest absolute Gasteiger partial charge is 0.493 e. The number of hydrogen-bond acceptors (Lipinski definition) is 6. The van der Waals surface area contributed by atoms with E-state index in [2.05, 4.69) is 15.3 Å². The number of thiophene rings is 1.